The predicted octanol–water partition coefficient (Wildman–Crippen LogP) is 2.32. The van der Waals surface area contributed by atoms with Crippen LogP contribution in [-0.2, 0) is 0 Å². The normalized spacial score (nSPS) is 17.3. The molecule has 0 amide bonds. The number of likely N-dealkylation sites (N-methyl/N-ethyl adjacent to an activating group) is 1. The molecule has 3 N–H and O–H groups in total. The Morgan fingerprint density at radius 3 is 2.59 bits per heavy atom. The van der Waals surface area contributed by atoms with Crippen molar-refractivity contribution in [2.24, 2.45) is 0 Å². The first-order valence-electron chi connectivity index (χ1n) is 8.16. The molecule has 1 aliphatic rings. The molecule has 1 aromatic carbocycles. The smallest absolute Gasteiger partial charge is 0.166 e. The molecule has 1 atom stereocenters. The van der Waals surface area contributed by atoms with Crippen molar-refractivity contribution in [3.8, 4) is 0 Å². The molecule has 1 saturated carbocycles. The van der Waals surface area contributed by atoms with Crippen LogP contribution >= 0.6 is 23.8 Å². The fourth-order valence-electron chi connectivity index (χ4n) is 3.06. The minimum Gasteiger partial charge on any atom is -0.360 e. The lowest BCUT2D eigenvalue weighted by Gasteiger charge is -2.27. The van der Waals surface area contributed by atoms with Crippen LogP contribution in [0.5, 0.6) is 0 Å². The van der Waals surface area contributed by atoms with E-state index in [-0.39, 0.29) is 6.04 Å². The van der Waals surface area contributed by atoms with Gasteiger partial charge in [-0.25, -0.2) is 0 Å². The Bertz CT molecular complexity index is 487. The lowest BCUT2D eigenvalue weighted by Crippen LogP contribution is -3.07. The van der Waals surface area contributed by atoms with Gasteiger partial charge < -0.3 is 15.5 Å². The lowest BCUT2D eigenvalue weighted by molar-refractivity contribution is -0.890. The number of nitrogens with one attached hydrogen (secondary N) is 3. The van der Waals surface area contributed by atoms with E-state index in [0.717, 1.165) is 22.2 Å². The quantitative estimate of drug-likeness (QED) is 0.718. The summed E-state index contributed by atoms with van der Waals surface area (Å²) in [4.78, 5) is 1.33. The molecule has 1 aromatic rings. The molecule has 22 heavy (non-hydrogen) atoms. The number of quaternary nitrogens is 1. The molecule has 0 saturated heterocycles. The molecule has 0 radical (unpaired) electrons. The van der Waals surface area contributed by atoms with Gasteiger partial charge in [-0.2, -0.15) is 0 Å². The van der Waals surface area contributed by atoms with Gasteiger partial charge in [-0.05, 0) is 31.1 Å². The second-order valence-electron chi connectivity index (χ2n) is 6.34. The summed E-state index contributed by atoms with van der Waals surface area (Å²) in [5, 5.41) is 8.42. The van der Waals surface area contributed by atoms with E-state index in [4.69, 9.17) is 23.8 Å². The molecule has 3 nitrogen and oxygen atoms in total. The first-order chi connectivity index (χ1) is 10.6. The van der Waals surface area contributed by atoms with E-state index in [1.807, 2.05) is 18.2 Å². The van der Waals surface area contributed by atoms with Crippen LogP contribution in [0.1, 0.15) is 43.7 Å². The van der Waals surface area contributed by atoms with Crippen LogP contribution in [0.25, 0.3) is 0 Å². The summed E-state index contributed by atoms with van der Waals surface area (Å²) in [6.45, 7) is 0.782. The SMILES string of the molecule is C[NH+](C)[C@@H](CNC(=S)NC1CCCCC1)c1ccccc1Cl. The van der Waals surface area contributed by atoms with Crippen LogP contribution in [0, 0.1) is 0 Å². The van der Waals surface area contributed by atoms with Gasteiger partial charge in [0.15, 0.2) is 5.11 Å². The Kier molecular flexibility index (Phi) is 6.93. The number of hydrogen-bond donors (Lipinski definition) is 3. The van der Waals surface area contributed by atoms with E-state index in [9.17, 15) is 0 Å². The summed E-state index contributed by atoms with van der Waals surface area (Å²) < 4.78 is 0. The van der Waals surface area contributed by atoms with Gasteiger partial charge in [0.05, 0.1) is 20.6 Å². The van der Waals surface area contributed by atoms with Crippen LogP contribution in [0.2, 0.25) is 5.02 Å². The first kappa shape index (κ1) is 17.5. The molecule has 0 bridgehead atoms. The highest BCUT2D eigenvalue weighted by Crippen LogP contribution is 2.20. The number of halogens is 1. The van der Waals surface area contributed by atoms with Crippen molar-refractivity contribution in [2.45, 2.75) is 44.2 Å². The molecule has 5 heteroatoms. The van der Waals surface area contributed by atoms with Crippen LogP contribution < -0.4 is 15.5 Å². The molecular formula is C17H27ClN3S+. The number of benzene rings is 1. The summed E-state index contributed by atoms with van der Waals surface area (Å²) >= 11 is 11.8. The summed E-state index contributed by atoms with van der Waals surface area (Å²) in [7, 11) is 4.29. The van der Waals surface area contributed by atoms with Gasteiger partial charge in [0.1, 0.15) is 6.04 Å². The molecule has 1 aliphatic carbocycles. The van der Waals surface area contributed by atoms with E-state index in [1.54, 1.807) is 0 Å². The molecule has 0 aromatic heterocycles. The molecule has 2 rings (SSSR count). The lowest BCUT2D eigenvalue weighted by atomic mass is 9.96. The van der Waals surface area contributed by atoms with E-state index >= 15 is 0 Å². The molecule has 122 valence electrons. The Morgan fingerprint density at radius 2 is 1.95 bits per heavy atom. The highest BCUT2D eigenvalue weighted by Gasteiger charge is 2.21. The van der Waals surface area contributed by atoms with Crippen molar-refractivity contribution < 1.29 is 4.90 Å². The highest BCUT2D eigenvalue weighted by molar-refractivity contribution is 7.80. The third-order valence-electron chi connectivity index (χ3n) is 4.38. The molecule has 0 heterocycles. The third-order valence-corrected chi connectivity index (χ3v) is 4.99. The Hall–Kier alpha value is -0.840. The zero-order valence-electron chi connectivity index (χ0n) is 13.5. The minimum absolute atomic E-state index is 0.278. The van der Waals surface area contributed by atoms with Crippen molar-refractivity contribution in [3.63, 3.8) is 0 Å². The summed E-state index contributed by atoms with van der Waals surface area (Å²) in [6, 6.07) is 8.87. The van der Waals surface area contributed by atoms with E-state index in [0.29, 0.717) is 6.04 Å². The second-order valence-corrected chi connectivity index (χ2v) is 7.16. The summed E-state index contributed by atoms with van der Waals surface area (Å²) in [5.41, 5.74) is 1.16. The maximum Gasteiger partial charge on any atom is 0.166 e. The Labute approximate surface area is 144 Å². The van der Waals surface area contributed by atoms with Crippen molar-refractivity contribution in [1.82, 2.24) is 10.6 Å². The largest absolute Gasteiger partial charge is 0.360 e. The van der Waals surface area contributed by atoms with Crippen LogP contribution in [-0.4, -0.2) is 31.8 Å². The fourth-order valence-corrected chi connectivity index (χ4v) is 3.58. The Balaban J connectivity index is 1.89. The third kappa shape index (κ3) is 5.11. The van der Waals surface area contributed by atoms with Gasteiger partial charge in [0.2, 0.25) is 0 Å². The van der Waals surface area contributed by atoms with Gasteiger partial charge in [-0.15, -0.1) is 0 Å². The fraction of sp³-hybridized carbons (Fsp3) is 0.588. The van der Waals surface area contributed by atoms with Crippen LogP contribution in [0.15, 0.2) is 24.3 Å². The van der Waals surface area contributed by atoms with Crippen molar-refractivity contribution in [3.05, 3.63) is 34.9 Å². The molecule has 0 aliphatic heterocycles. The molecule has 0 unspecified atom stereocenters. The van der Waals surface area contributed by atoms with Crippen molar-refractivity contribution in [2.75, 3.05) is 20.6 Å². The Morgan fingerprint density at radius 1 is 1.27 bits per heavy atom. The maximum atomic E-state index is 6.34. The zero-order chi connectivity index (χ0) is 15.9. The van der Waals surface area contributed by atoms with Gasteiger partial charge in [-0.1, -0.05) is 49.1 Å². The summed E-state index contributed by atoms with van der Waals surface area (Å²) in [6.07, 6.45) is 6.44. The monoisotopic (exact) mass is 340 g/mol. The number of thiocarbonyl (C=S) groups is 1. The topological polar surface area (TPSA) is 28.5 Å². The highest BCUT2D eigenvalue weighted by atomic mass is 35.5. The standard InChI is InChI=1S/C17H26ClN3S/c1-21(2)16(14-10-6-7-11-15(14)18)12-19-17(22)20-13-8-4-3-5-9-13/h6-7,10-11,13,16H,3-5,8-9,12H2,1-2H3,(H2,19,20,22)/p+1/t16-/m0/s1. The maximum absolute atomic E-state index is 6.34. The average molecular weight is 341 g/mol. The zero-order valence-corrected chi connectivity index (χ0v) is 15.1. The van der Waals surface area contributed by atoms with Gasteiger partial charge >= 0.3 is 0 Å². The van der Waals surface area contributed by atoms with E-state index in [1.165, 1.54) is 37.0 Å². The summed E-state index contributed by atoms with van der Waals surface area (Å²) in [5.74, 6) is 0. The number of hydrogen-bond acceptors (Lipinski definition) is 1. The van der Waals surface area contributed by atoms with Gasteiger partial charge in [-0.3, -0.25) is 0 Å². The average Bonchev–Trinajstić information content (AvgIpc) is 2.50. The van der Waals surface area contributed by atoms with Gasteiger partial charge in [0.25, 0.3) is 0 Å². The van der Waals surface area contributed by atoms with E-state index < -0.39 is 0 Å². The minimum atomic E-state index is 0.278. The predicted molar refractivity (Wildman–Crippen MR) is 97.6 cm³/mol. The molecule has 0 spiro atoms. The van der Waals surface area contributed by atoms with Gasteiger partial charge in [0, 0.05) is 16.6 Å². The van der Waals surface area contributed by atoms with Crippen LogP contribution in [0.3, 0.4) is 0 Å². The van der Waals surface area contributed by atoms with Crippen molar-refractivity contribution >= 4 is 28.9 Å². The van der Waals surface area contributed by atoms with Crippen LogP contribution in [0.4, 0.5) is 0 Å². The van der Waals surface area contributed by atoms with Crippen molar-refractivity contribution in [1.29, 1.82) is 0 Å². The molecular weight excluding hydrogens is 314 g/mol. The number of rotatable bonds is 5. The second kappa shape index (κ2) is 8.70. The molecule has 1 fully saturated rings. The van der Waals surface area contributed by atoms with E-state index in [2.05, 4.69) is 30.8 Å². The first-order valence-corrected chi connectivity index (χ1v) is 8.95.